The summed E-state index contributed by atoms with van der Waals surface area (Å²) >= 11 is 0. The summed E-state index contributed by atoms with van der Waals surface area (Å²) in [6.07, 6.45) is 0.818. The van der Waals surface area contributed by atoms with Crippen molar-refractivity contribution in [3.05, 3.63) is 82.7 Å². The first-order chi connectivity index (χ1) is 25.2. The second-order valence-corrected chi connectivity index (χ2v) is 13.3. The summed E-state index contributed by atoms with van der Waals surface area (Å²) in [5, 5.41) is 40.2. The molecule has 0 aliphatic carbocycles. The van der Waals surface area contributed by atoms with E-state index >= 15 is 0 Å². The number of fused-ring (bicyclic) bond motifs is 1. The number of aromatic nitrogens is 3. The summed E-state index contributed by atoms with van der Waals surface area (Å²) in [6, 6.07) is 12.9. The Morgan fingerprint density at radius 1 is 1.02 bits per heavy atom. The lowest BCUT2D eigenvalue weighted by atomic mass is 9.98. The number of phenols is 2. The van der Waals surface area contributed by atoms with Crippen LogP contribution in [-0.4, -0.2) is 83.9 Å². The van der Waals surface area contributed by atoms with Gasteiger partial charge in [-0.05, 0) is 74.2 Å². The van der Waals surface area contributed by atoms with Gasteiger partial charge in [-0.2, -0.15) is 0 Å². The first kappa shape index (κ1) is 36.2. The number of imide groups is 1. The predicted molar refractivity (Wildman–Crippen MR) is 190 cm³/mol. The van der Waals surface area contributed by atoms with Gasteiger partial charge >= 0.3 is 0 Å². The smallest absolute Gasteiger partial charge is 0.289 e. The number of phenolic OH excluding ortho intramolecular Hbond substituents is 2. The molecule has 5 amide bonds. The number of anilines is 1. The molecule has 16 nitrogen and oxygen atoms in total. The van der Waals surface area contributed by atoms with E-state index in [1.165, 1.54) is 34.6 Å². The molecule has 2 atom stereocenters. The van der Waals surface area contributed by atoms with Crippen LogP contribution in [0.2, 0.25) is 0 Å². The Kier molecular flexibility index (Phi) is 9.71. The van der Waals surface area contributed by atoms with Crippen LogP contribution in [0.4, 0.5) is 5.69 Å². The van der Waals surface area contributed by atoms with Gasteiger partial charge in [0.1, 0.15) is 17.5 Å². The molecule has 0 radical (unpaired) electrons. The van der Waals surface area contributed by atoms with Crippen molar-refractivity contribution in [3.8, 4) is 28.6 Å². The van der Waals surface area contributed by atoms with Crippen molar-refractivity contribution < 1.29 is 39.0 Å². The molecule has 2 aliphatic rings. The maximum Gasteiger partial charge on any atom is 0.289 e. The molecule has 0 spiro atoms. The number of nitrogens with one attached hydrogen (secondary N) is 4. The molecule has 4 aromatic rings. The highest BCUT2D eigenvalue weighted by atomic mass is 16.3. The summed E-state index contributed by atoms with van der Waals surface area (Å²) < 4.78 is 1.43. The Bertz CT molecular complexity index is 2160. The molecule has 16 heteroatoms. The number of aldehydes is 1. The van der Waals surface area contributed by atoms with E-state index in [-0.39, 0.29) is 65.5 Å². The molecule has 6 rings (SSSR count). The average molecular weight is 723 g/mol. The monoisotopic (exact) mass is 722 g/mol. The van der Waals surface area contributed by atoms with Crippen LogP contribution in [0.3, 0.4) is 0 Å². The molecule has 1 unspecified atom stereocenters. The maximum atomic E-state index is 13.5. The van der Waals surface area contributed by atoms with Crippen LogP contribution >= 0.6 is 0 Å². The third kappa shape index (κ3) is 6.90. The van der Waals surface area contributed by atoms with Gasteiger partial charge < -0.3 is 31.1 Å². The third-order valence-electron chi connectivity index (χ3n) is 9.18. The molecule has 0 saturated carbocycles. The quantitative estimate of drug-likeness (QED) is 0.0750. The normalized spacial score (nSPS) is 16.5. The van der Waals surface area contributed by atoms with Gasteiger partial charge in [0.2, 0.25) is 17.6 Å². The van der Waals surface area contributed by atoms with Gasteiger partial charge in [0.05, 0.1) is 5.56 Å². The number of benzene rings is 3. The van der Waals surface area contributed by atoms with Crippen molar-refractivity contribution in [2.24, 2.45) is 0 Å². The SMILES string of the molecule is CCNC(=O)c1nnc(-c2cc(C(C)C)c(O)cc2O)n1-c1ccc(C(=O)N[C@@](C)(C=O)Nc2cccc3c2CN(C2CCC(=O)NC2=O)C3=O)cc1. The van der Waals surface area contributed by atoms with E-state index in [9.17, 15) is 39.0 Å². The van der Waals surface area contributed by atoms with Crippen molar-refractivity contribution >= 4 is 41.5 Å². The summed E-state index contributed by atoms with van der Waals surface area (Å²) in [7, 11) is 0. The first-order valence-corrected chi connectivity index (χ1v) is 17.0. The minimum Gasteiger partial charge on any atom is -0.508 e. The summed E-state index contributed by atoms with van der Waals surface area (Å²) in [5.74, 6) is -2.93. The molecule has 1 aromatic heterocycles. The summed E-state index contributed by atoms with van der Waals surface area (Å²) in [6.45, 7) is 7.32. The highest BCUT2D eigenvalue weighted by molar-refractivity contribution is 6.06. The molecule has 1 fully saturated rings. The summed E-state index contributed by atoms with van der Waals surface area (Å²) in [5.41, 5.74) is 0.911. The van der Waals surface area contributed by atoms with Crippen molar-refractivity contribution in [3.63, 3.8) is 0 Å². The highest BCUT2D eigenvalue weighted by Gasteiger charge is 2.40. The zero-order valence-corrected chi connectivity index (χ0v) is 29.4. The average Bonchev–Trinajstić information content (AvgIpc) is 3.70. The van der Waals surface area contributed by atoms with E-state index in [1.54, 1.807) is 43.3 Å². The van der Waals surface area contributed by atoms with Crippen LogP contribution < -0.4 is 21.3 Å². The molecule has 0 bridgehead atoms. The number of rotatable bonds is 11. The topological polar surface area (TPSA) is 225 Å². The van der Waals surface area contributed by atoms with Gasteiger partial charge in [-0.1, -0.05) is 19.9 Å². The number of piperidine rings is 1. The summed E-state index contributed by atoms with van der Waals surface area (Å²) in [4.78, 5) is 77.9. The molecule has 6 N–H and O–H groups in total. The molecule has 274 valence electrons. The number of carbonyl (C=O) groups is 6. The number of nitrogens with zero attached hydrogens (tertiary/aromatic N) is 4. The van der Waals surface area contributed by atoms with Crippen molar-refractivity contribution in [1.82, 2.24) is 35.6 Å². The molecule has 3 aromatic carbocycles. The number of hydrogen-bond donors (Lipinski definition) is 6. The van der Waals surface area contributed by atoms with E-state index in [4.69, 9.17) is 0 Å². The molecular weight excluding hydrogens is 684 g/mol. The minimum atomic E-state index is -1.65. The van der Waals surface area contributed by atoms with E-state index < -0.39 is 35.3 Å². The Morgan fingerprint density at radius 3 is 2.42 bits per heavy atom. The third-order valence-corrected chi connectivity index (χ3v) is 9.18. The van der Waals surface area contributed by atoms with Gasteiger partial charge in [-0.15, -0.1) is 10.2 Å². The molecule has 1 saturated heterocycles. The van der Waals surface area contributed by atoms with Crippen LogP contribution in [0.25, 0.3) is 17.1 Å². The van der Waals surface area contributed by atoms with Gasteiger partial charge in [0.25, 0.3) is 17.7 Å². The first-order valence-electron chi connectivity index (χ1n) is 17.0. The van der Waals surface area contributed by atoms with Crippen molar-refractivity contribution in [2.45, 2.75) is 64.7 Å². The molecule has 3 heterocycles. The molecule has 53 heavy (non-hydrogen) atoms. The van der Waals surface area contributed by atoms with Crippen molar-refractivity contribution in [2.75, 3.05) is 11.9 Å². The zero-order chi connectivity index (χ0) is 38.2. The van der Waals surface area contributed by atoms with Gasteiger partial charge in [-0.25, -0.2) is 0 Å². The number of aromatic hydroxyl groups is 2. The second-order valence-electron chi connectivity index (χ2n) is 13.3. The number of carbonyl (C=O) groups excluding carboxylic acids is 6. The molecular formula is C37H38N8O8. The highest BCUT2D eigenvalue weighted by Crippen LogP contribution is 2.38. The second kappa shape index (κ2) is 14.2. The Labute approximate surface area is 303 Å². The van der Waals surface area contributed by atoms with Crippen LogP contribution in [0.15, 0.2) is 54.6 Å². The minimum absolute atomic E-state index is 0.0536. The van der Waals surface area contributed by atoms with Gasteiger partial charge in [-0.3, -0.25) is 38.7 Å². The van der Waals surface area contributed by atoms with E-state index in [2.05, 4.69) is 31.5 Å². The largest absolute Gasteiger partial charge is 0.508 e. The fourth-order valence-electron chi connectivity index (χ4n) is 6.47. The van der Waals surface area contributed by atoms with Gasteiger partial charge in [0, 0.05) is 53.6 Å². The Hall–Kier alpha value is -6.58. The van der Waals surface area contributed by atoms with Crippen LogP contribution in [0.5, 0.6) is 11.5 Å². The van der Waals surface area contributed by atoms with E-state index in [0.29, 0.717) is 40.9 Å². The standard InChI is InChI=1S/C37H38N8O8/c1-5-38-35(52)32-43-42-31(24-15-23(19(2)3)28(47)16-29(24)48)45(32)21-11-9-20(10-12-21)33(50)41-37(4,18-46)40-26-8-6-7-22-25(26)17-44(36(22)53)27-13-14-30(49)39-34(27)51/h6-12,15-16,18-19,27,40,47-48H,5,13-14,17H2,1-4H3,(H,38,52)(H,41,50)(H,39,49,51)/t27?,37-/m0/s1. The maximum absolute atomic E-state index is 13.5. The van der Waals surface area contributed by atoms with Crippen LogP contribution in [-0.2, 0) is 20.9 Å². The predicted octanol–water partition coefficient (Wildman–Crippen LogP) is 2.74. The number of amides is 5. The Morgan fingerprint density at radius 2 is 1.75 bits per heavy atom. The van der Waals surface area contributed by atoms with E-state index in [0.717, 1.165) is 0 Å². The van der Waals surface area contributed by atoms with Gasteiger partial charge in [0.15, 0.2) is 17.8 Å². The lowest BCUT2D eigenvalue weighted by Crippen LogP contribution is -2.53. The number of hydrogen-bond acceptors (Lipinski definition) is 11. The fourth-order valence-corrected chi connectivity index (χ4v) is 6.47. The van der Waals surface area contributed by atoms with Crippen molar-refractivity contribution in [1.29, 1.82) is 0 Å². The zero-order valence-electron chi connectivity index (χ0n) is 29.4. The molecule has 2 aliphatic heterocycles. The Balaban J connectivity index is 1.25. The van der Waals surface area contributed by atoms with Crippen LogP contribution in [0, 0.1) is 0 Å². The lowest BCUT2D eigenvalue weighted by molar-refractivity contribution is -0.137. The van der Waals surface area contributed by atoms with Crippen LogP contribution in [0.1, 0.15) is 88.9 Å². The lowest BCUT2D eigenvalue weighted by Gasteiger charge is -2.30. The fraction of sp³-hybridized carbons (Fsp3) is 0.297. The van der Waals surface area contributed by atoms with E-state index in [1.807, 2.05) is 13.8 Å².